The van der Waals surface area contributed by atoms with Crippen molar-refractivity contribution in [3.63, 3.8) is 0 Å². The van der Waals surface area contributed by atoms with E-state index in [-0.39, 0.29) is 0 Å². The molecule has 0 atom stereocenters. The summed E-state index contributed by atoms with van der Waals surface area (Å²) in [5.74, 6) is 3.09. The van der Waals surface area contributed by atoms with Crippen LogP contribution in [0.15, 0.2) is 36.5 Å². The maximum atomic E-state index is 5.98. The van der Waals surface area contributed by atoms with Crippen molar-refractivity contribution in [1.82, 2.24) is 4.98 Å². The molecule has 23 heavy (non-hydrogen) atoms. The molecule has 3 heteroatoms. The molecule has 1 fully saturated rings. The molecule has 0 spiro atoms. The summed E-state index contributed by atoms with van der Waals surface area (Å²) in [6.07, 6.45) is 7.89. The van der Waals surface area contributed by atoms with E-state index in [1.54, 1.807) is 13.3 Å². The molecule has 122 valence electrons. The lowest BCUT2D eigenvalue weighted by Gasteiger charge is -2.29. The molecule has 0 bridgehead atoms. The van der Waals surface area contributed by atoms with Crippen molar-refractivity contribution in [1.29, 1.82) is 0 Å². The summed E-state index contributed by atoms with van der Waals surface area (Å²) >= 11 is 0. The lowest BCUT2D eigenvalue weighted by molar-refractivity contribution is 0.324. The van der Waals surface area contributed by atoms with E-state index >= 15 is 0 Å². The fourth-order valence-corrected chi connectivity index (χ4v) is 3.79. The Morgan fingerprint density at radius 3 is 2.61 bits per heavy atom. The summed E-state index contributed by atoms with van der Waals surface area (Å²) in [4.78, 5) is 4.20. The Morgan fingerprint density at radius 1 is 1.17 bits per heavy atom. The van der Waals surface area contributed by atoms with Crippen molar-refractivity contribution >= 4 is 5.82 Å². The van der Waals surface area contributed by atoms with E-state index in [2.05, 4.69) is 36.2 Å². The van der Waals surface area contributed by atoms with E-state index < -0.39 is 0 Å². The van der Waals surface area contributed by atoms with Crippen LogP contribution in [0, 0.1) is 12.8 Å². The molecule has 0 radical (unpaired) electrons. The van der Waals surface area contributed by atoms with Crippen molar-refractivity contribution in [3.8, 4) is 5.75 Å². The van der Waals surface area contributed by atoms with Gasteiger partial charge in [-0.25, -0.2) is 4.98 Å². The molecule has 1 heterocycles. The Balaban J connectivity index is 1.60. The van der Waals surface area contributed by atoms with Gasteiger partial charge in [-0.1, -0.05) is 18.2 Å². The lowest BCUT2D eigenvalue weighted by atomic mass is 9.76. The van der Waals surface area contributed by atoms with Crippen molar-refractivity contribution in [3.05, 3.63) is 53.2 Å². The van der Waals surface area contributed by atoms with Crippen LogP contribution in [0.2, 0.25) is 0 Å². The number of rotatable bonds is 4. The zero-order valence-corrected chi connectivity index (χ0v) is 14.1. The highest BCUT2D eigenvalue weighted by molar-refractivity contribution is 5.39. The van der Waals surface area contributed by atoms with Crippen LogP contribution in [0.25, 0.3) is 0 Å². The number of aromatic nitrogens is 1. The van der Waals surface area contributed by atoms with Gasteiger partial charge in [0.25, 0.3) is 0 Å². The van der Waals surface area contributed by atoms with Gasteiger partial charge in [0.1, 0.15) is 11.6 Å². The summed E-state index contributed by atoms with van der Waals surface area (Å²) in [5, 5.41) is 0. The third-order valence-corrected chi connectivity index (χ3v) is 5.17. The van der Waals surface area contributed by atoms with Gasteiger partial charge in [-0.3, -0.25) is 0 Å². The monoisotopic (exact) mass is 310 g/mol. The summed E-state index contributed by atoms with van der Waals surface area (Å²) in [6, 6.07) is 10.7. The number of anilines is 1. The predicted molar refractivity (Wildman–Crippen MR) is 94.8 cm³/mol. The van der Waals surface area contributed by atoms with Gasteiger partial charge in [-0.05, 0) is 79.7 Å². The largest absolute Gasteiger partial charge is 0.496 e. The number of ether oxygens (including phenoxy) is 1. The Labute approximate surface area is 138 Å². The minimum absolute atomic E-state index is 0.683. The standard InChI is InChI=1S/C20H26N2O/c1-14-12-17(9-10-19(14)23-2)16-7-5-15(6-8-16)13-18-4-3-11-22-20(18)21/h3-4,9-12,15-16H,5-8,13H2,1-2H3,(H2,21,22)/t15-,16-. The van der Waals surface area contributed by atoms with Crippen LogP contribution in [0.4, 0.5) is 5.82 Å². The summed E-state index contributed by atoms with van der Waals surface area (Å²) in [7, 11) is 1.73. The molecule has 2 aromatic rings. The van der Waals surface area contributed by atoms with Gasteiger partial charge in [-0.2, -0.15) is 0 Å². The first-order valence-corrected chi connectivity index (χ1v) is 8.51. The van der Waals surface area contributed by atoms with Gasteiger partial charge in [-0.15, -0.1) is 0 Å². The average molecular weight is 310 g/mol. The van der Waals surface area contributed by atoms with Crippen molar-refractivity contribution in [2.45, 2.75) is 44.9 Å². The number of nitrogens with two attached hydrogens (primary N) is 1. The fourth-order valence-electron chi connectivity index (χ4n) is 3.79. The van der Waals surface area contributed by atoms with E-state index in [1.165, 1.54) is 42.4 Å². The molecule has 0 saturated heterocycles. The summed E-state index contributed by atoms with van der Waals surface area (Å²) < 4.78 is 5.36. The zero-order chi connectivity index (χ0) is 16.2. The van der Waals surface area contributed by atoms with Crippen LogP contribution in [-0.4, -0.2) is 12.1 Å². The number of pyridine rings is 1. The van der Waals surface area contributed by atoms with Crippen molar-refractivity contribution in [2.75, 3.05) is 12.8 Å². The van der Waals surface area contributed by atoms with E-state index in [0.717, 1.165) is 18.1 Å². The van der Waals surface area contributed by atoms with E-state index in [0.29, 0.717) is 11.7 Å². The van der Waals surface area contributed by atoms with Gasteiger partial charge in [0.2, 0.25) is 0 Å². The van der Waals surface area contributed by atoms with E-state index in [9.17, 15) is 0 Å². The smallest absolute Gasteiger partial charge is 0.126 e. The molecule has 0 amide bonds. The van der Waals surface area contributed by atoms with Crippen LogP contribution in [-0.2, 0) is 6.42 Å². The first-order valence-electron chi connectivity index (χ1n) is 8.51. The third-order valence-electron chi connectivity index (χ3n) is 5.17. The van der Waals surface area contributed by atoms with Crippen LogP contribution in [0.1, 0.15) is 48.3 Å². The predicted octanol–water partition coefficient (Wildman–Crippen LogP) is 4.50. The van der Waals surface area contributed by atoms with Gasteiger partial charge in [0, 0.05) is 6.20 Å². The summed E-state index contributed by atoms with van der Waals surface area (Å²) in [5.41, 5.74) is 9.87. The topological polar surface area (TPSA) is 48.1 Å². The Morgan fingerprint density at radius 2 is 1.96 bits per heavy atom. The number of benzene rings is 1. The molecule has 0 unspecified atom stereocenters. The van der Waals surface area contributed by atoms with E-state index in [4.69, 9.17) is 10.5 Å². The quantitative estimate of drug-likeness (QED) is 0.904. The second kappa shape index (κ2) is 7.03. The average Bonchev–Trinajstić information content (AvgIpc) is 2.57. The zero-order valence-electron chi connectivity index (χ0n) is 14.1. The minimum Gasteiger partial charge on any atom is -0.496 e. The maximum absolute atomic E-state index is 5.98. The molecule has 3 rings (SSSR count). The number of nitrogens with zero attached hydrogens (tertiary/aromatic N) is 1. The Kier molecular flexibility index (Phi) is 4.85. The normalized spacial score (nSPS) is 21.1. The van der Waals surface area contributed by atoms with Gasteiger partial charge in [0.15, 0.2) is 0 Å². The SMILES string of the molecule is COc1ccc([C@H]2CC[C@H](Cc3cccnc3N)CC2)cc1C. The molecule has 1 aromatic carbocycles. The van der Waals surface area contributed by atoms with Crippen LogP contribution >= 0.6 is 0 Å². The molecular weight excluding hydrogens is 284 g/mol. The highest BCUT2D eigenvalue weighted by Crippen LogP contribution is 2.38. The van der Waals surface area contributed by atoms with Gasteiger partial charge >= 0.3 is 0 Å². The molecule has 1 aliphatic rings. The Bertz CT molecular complexity index is 660. The van der Waals surface area contributed by atoms with Crippen molar-refractivity contribution in [2.24, 2.45) is 5.92 Å². The van der Waals surface area contributed by atoms with Gasteiger partial charge < -0.3 is 10.5 Å². The highest BCUT2D eigenvalue weighted by Gasteiger charge is 2.23. The molecule has 2 N–H and O–H groups in total. The molecule has 1 aromatic heterocycles. The number of aryl methyl sites for hydroxylation is 1. The fraction of sp³-hybridized carbons (Fsp3) is 0.450. The first kappa shape index (κ1) is 15.9. The number of hydrogen-bond acceptors (Lipinski definition) is 3. The van der Waals surface area contributed by atoms with Crippen LogP contribution in [0.5, 0.6) is 5.75 Å². The van der Waals surface area contributed by atoms with E-state index in [1.807, 2.05) is 6.07 Å². The number of methoxy groups -OCH3 is 1. The third kappa shape index (κ3) is 3.66. The number of nitrogen functional groups attached to an aromatic ring is 1. The Hall–Kier alpha value is -2.03. The first-order chi connectivity index (χ1) is 11.2. The second-order valence-corrected chi connectivity index (χ2v) is 6.70. The lowest BCUT2D eigenvalue weighted by Crippen LogP contribution is -2.16. The highest BCUT2D eigenvalue weighted by atomic mass is 16.5. The van der Waals surface area contributed by atoms with Gasteiger partial charge in [0.05, 0.1) is 7.11 Å². The molecule has 0 aliphatic heterocycles. The van der Waals surface area contributed by atoms with Crippen LogP contribution in [0.3, 0.4) is 0 Å². The molecule has 1 aliphatic carbocycles. The van der Waals surface area contributed by atoms with Crippen LogP contribution < -0.4 is 10.5 Å². The summed E-state index contributed by atoms with van der Waals surface area (Å²) in [6.45, 7) is 2.12. The minimum atomic E-state index is 0.683. The molecule has 3 nitrogen and oxygen atoms in total. The number of hydrogen-bond donors (Lipinski definition) is 1. The molecule has 1 saturated carbocycles. The molecular formula is C20H26N2O. The second-order valence-electron chi connectivity index (χ2n) is 6.70. The van der Waals surface area contributed by atoms with Crippen molar-refractivity contribution < 1.29 is 4.74 Å². The maximum Gasteiger partial charge on any atom is 0.126 e.